The number of nitrogens with one attached hydrogen (secondary N) is 2. The van der Waals surface area contributed by atoms with E-state index < -0.39 is 31.4 Å². The zero-order valence-electron chi connectivity index (χ0n) is 29.9. The number of thioether (sulfide) groups is 1. The number of para-hydroxylation sites is 1. The van der Waals surface area contributed by atoms with E-state index >= 15 is 0 Å². The molecule has 1 saturated heterocycles. The number of benzene rings is 4. The average molecular weight is 774 g/mol. The molecule has 1 amide bonds. The van der Waals surface area contributed by atoms with Crippen molar-refractivity contribution >= 4 is 61.9 Å². The van der Waals surface area contributed by atoms with E-state index in [2.05, 4.69) is 32.0 Å². The van der Waals surface area contributed by atoms with Gasteiger partial charge in [-0.25, -0.2) is 13.1 Å². The number of nitrogens with zero attached hydrogens (tertiary/aromatic N) is 3. The molecule has 6 rings (SSSR count). The Labute approximate surface area is 320 Å². The molecule has 2 aliphatic rings. The number of hydrogen-bond acceptors (Lipinski definition) is 9. The van der Waals surface area contributed by atoms with Crippen LogP contribution in [-0.2, 0) is 10.0 Å². The lowest BCUT2D eigenvalue weighted by Crippen LogP contribution is -2.47. The maximum atomic E-state index is 13.7. The molecule has 13 heteroatoms. The molecule has 0 saturated carbocycles. The molecule has 0 aromatic heterocycles. The van der Waals surface area contributed by atoms with Crippen molar-refractivity contribution in [3.05, 3.63) is 129 Å². The van der Waals surface area contributed by atoms with E-state index in [1.165, 1.54) is 59.5 Å². The first kappa shape index (κ1) is 38.4. The van der Waals surface area contributed by atoms with Crippen LogP contribution in [0.4, 0.5) is 17.1 Å². The van der Waals surface area contributed by atoms with Crippen LogP contribution in [0, 0.1) is 10.1 Å². The van der Waals surface area contributed by atoms with Crippen molar-refractivity contribution in [1.29, 1.82) is 0 Å². The van der Waals surface area contributed by atoms with E-state index in [1.54, 1.807) is 12.1 Å². The Morgan fingerprint density at radius 2 is 1.58 bits per heavy atom. The van der Waals surface area contributed by atoms with Crippen LogP contribution in [-0.4, -0.2) is 61.7 Å². The fourth-order valence-corrected chi connectivity index (χ4v) is 9.25. The molecular weight excluding hydrogens is 730 g/mol. The number of amides is 1. The summed E-state index contributed by atoms with van der Waals surface area (Å²) in [6.07, 6.45) is 5.13. The molecule has 1 atom stereocenters. The third-order valence-electron chi connectivity index (χ3n) is 9.92. The van der Waals surface area contributed by atoms with Crippen LogP contribution < -0.4 is 14.9 Å². The third kappa shape index (κ3) is 9.42. The SMILES string of the molecule is CCC(C)(Nc1c([N+](=O)[O-])cccc1S(=O)(=O)NC(=O)c1ccc(N2CCN(CC3=C(c4ccc(Cl)cc4)CCCC3)CC2)cc1)Sc1ccccc1. The van der Waals surface area contributed by atoms with Crippen LogP contribution in [0.1, 0.15) is 61.9 Å². The topological polar surface area (TPSA) is 125 Å². The fourth-order valence-electron chi connectivity index (χ4n) is 6.86. The van der Waals surface area contributed by atoms with Crippen molar-refractivity contribution < 1.29 is 18.1 Å². The summed E-state index contributed by atoms with van der Waals surface area (Å²) in [7, 11) is -4.52. The smallest absolute Gasteiger partial charge is 0.293 e. The second-order valence-electron chi connectivity index (χ2n) is 13.6. The highest BCUT2D eigenvalue weighted by atomic mass is 35.5. The van der Waals surface area contributed by atoms with Gasteiger partial charge in [0, 0.05) is 60.0 Å². The molecule has 1 aliphatic heterocycles. The van der Waals surface area contributed by atoms with Crippen LogP contribution in [0.2, 0.25) is 5.02 Å². The predicted molar refractivity (Wildman–Crippen MR) is 214 cm³/mol. The Bertz CT molecular complexity index is 2070. The number of nitro groups is 1. The minimum absolute atomic E-state index is 0.160. The summed E-state index contributed by atoms with van der Waals surface area (Å²) >= 11 is 7.57. The molecule has 1 unspecified atom stereocenters. The van der Waals surface area contributed by atoms with Crippen LogP contribution in [0.25, 0.3) is 5.57 Å². The number of nitro benzene ring substituents is 1. The first-order valence-electron chi connectivity index (χ1n) is 17.9. The van der Waals surface area contributed by atoms with Gasteiger partial charge < -0.3 is 10.2 Å². The highest BCUT2D eigenvalue weighted by molar-refractivity contribution is 8.00. The van der Waals surface area contributed by atoms with E-state index in [9.17, 15) is 23.3 Å². The van der Waals surface area contributed by atoms with Crippen molar-refractivity contribution in [3.8, 4) is 0 Å². The van der Waals surface area contributed by atoms with Crippen molar-refractivity contribution in [3.63, 3.8) is 0 Å². The summed E-state index contributed by atoms with van der Waals surface area (Å²) in [5.41, 5.74) is 4.74. The van der Waals surface area contributed by atoms with Gasteiger partial charge in [-0.1, -0.05) is 72.3 Å². The van der Waals surface area contributed by atoms with Gasteiger partial charge in [0.25, 0.3) is 21.6 Å². The number of rotatable bonds is 13. The highest BCUT2D eigenvalue weighted by Crippen LogP contribution is 2.41. The average Bonchev–Trinajstić information content (AvgIpc) is 3.16. The summed E-state index contributed by atoms with van der Waals surface area (Å²) < 4.78 is 29.6. The van der Waals surface area contributed by atoms with Gasteiger partial charge in [-0.15, -0.1) is 0 Å². The zero-order chi connectivity index (χ0) is 37.6. The van der Waals surface area contributed by atoms with Crippen molar-refractivity contribution in [2.24, 2.45) is 0 Å². The van der Waals surface area contributed by atoms with Gasteiger partial charge in [0.15, 0.2) is 0 Å². The lowest BCUT2D eigenvalue weighted by Gasteiger charge is -2.37. The monoisotopic (exact) mass is 773 g/mol. The first-order valence-corrected chi connectivity index (χ1v) is 20.5. The van der Waals surface area contributed by atoms with E-state index in [-0.39, 0.29) is 16.1 Å². The molecule has 0 bridgehead atoms. The number of allylic oxidation sites excluding steroid dienone is 1. The fraction of sp³-hybridized carbons (Fsp3) is 0.325. The molecule has 278 valence electrons. The Kier molecular flexibility index (Phi) is 12.1. The molecular formula is C40H44ClN5O5S2. The van der Waals surface area contributed by atoms with Gasteiger partial charge in [0.2, 0.25) is 0 Å². The van der Waals surface area contributed by atoms with Crippen LogP contribution in [0.15, 0.2) is 112 Å². The first-order chi connectivity index (χ1) is 25.4. The number of anilines is 2. The second kappa shape index (κ2) is 16.8. The maximum absolute atomic E-state index is 13.7. The molecule has 10 nitrogen and oxygen atoms in total. The lowest BCUT2D eigenvalue weighted by atomic mass is 9.87. The molecule has 53 heavy (non-hydrogen) atoms. The van der Waals surface area contributed by atoms with Gasteiger partial charge in [-0.2, -0.15) is 0 Å². The Balaban J connectivity index is 1.11. The molecule has 1 heterocycles. The van der Waals surface area contributed by atoms with Gasteiger partial charge >= 0.3 is 0 Å². The van der Waals surface area contributed by atoms with Crippen LogP contribution in [0.5, 0.6) is 0 Å². The molecule has 1 aliphatic carbocycles. The predicted octanol–water partition coefficient (Wildman–Crippen LogP) is 8.85. The number of piperazine rings is 1. The molecule has 2 N–H and O–H groups in total. The lowest BCUT2D eigenvalue weighted by molar-refractivity contribution is -0.384. The van der Waals surface area contributed by atoms with Gasteiger partial charge in [0.1, 0.15) is 10.6 Å². The Morgan fingerprint density at radius 3 is 2.25 bits per heavy atom. The molecule has 0 spiro atoms. The van der Waals surface area contributed by atoms with E-state index in [0.717, 1.165) is 61.2 Å². The minimum atomic E-state index is -4.52. The minimum Gasteiger partial charge on any atom is -0.369 e. The summed E-state index contributed by atoms with van der Waals surface area (Å²) in [6, 6.07) is 28.3. The third-order valence-corrected chi connectivity index (χ3v) is 12.9. The molecule has 0 radical (unpaired) electrons. The normalized spacial score (nSPS) is 16.5. The summed E-state index contributed by atoms with van der Waals surface area (Å²) in [6.45, 7) is 8.16. The molecule has 1 fully saturated rings. The second-order valence-corrected chi connectivity index (χ2v) is 17.2. The van der Waals surface area contributed by atoms with E-state index in [4.69, 9.17) is 11.6 Å². The van der Waals surface area contributed by atoms with Gasteiger partial charge in [-0.3, -0.25) is 19.8 Å². The Morgan fingerprint density at radius 1 is 0.906 bits per heavy atom. The number of sulfonamides is 1. The number of carbonyl (C=O) groups excluding carboxylic acids is 1. The van der Waals surface area contributed by atoms with Gasteiger partial charge in [-0.05, 0) is 105 Å². The number of carbonyl (C=O) groups is 1. The maximum Gasteiger partial charge on any atom is 0.293 e. The molecule has 4 aromatic rings. The molecule has 4 aromatic carbocycles. The van der Waals surface area contributed by atoms with E-state index in [0.29, 0.717) is 6.42 Å². The Hall–Kier alpha value is -4.36. The van der Waals surface area contributed by atoms with Gasteiger partial charge in [0.05, 0.1) is 9.79 Å². The number of hydrogen-bond donors (Lipinski definition) is 2. The quantitative estimate of drug-likeness (QED) is 0.0594. The zero-order valence-corrected chi connectivity index (χ0v) is 32.3. The van der Waals surface area contributed by atoms with Crippen molar-refractivity contribution in [2.75, 3.05) is 42.9 Å². The highest BCUT2D eigenvalue weighted by Gasteiger charge is 2.33. The van der Waals surface area contributed by atoms with Crippen LogP contribution in [0.3, 0.4) is 0 Å². The van der Waals surface area contributed by atoms with Crippen LogP contribution >= 0.6 is 23.4 Å². The standard InChI is InChI=1S/C40H44ClN5O5S2/c1-3-40(2,52-34-11-5-4-6-12-34)42-38-36(46(48)49)14-9-15-37(38)53(50,51)43-39(47)30-18-22-33(23-19-30)45-26-24-44(25-27-45)28-31-10-7-8-13-35(31)29-16-20-32(41)21-17-29/h4-6,9,11-12,14-23,42H,3,7-8,10,13,24-28H2,1-2H3,(H,43,47). The largest absolute Gasteiger partial charge is 0.369 e. The van der Waals surface area contributed by atoms with E-state index in [1.807, 2.05) is 68.4 Å². The summed E-state index contributed by atoms with van der Waals surface area (Å²) in [5.74, 6) is -0.826. The van der Waals surface area contributed by atoms with Crippen molar-refractivity contribution in [1.82, 2.24) is 9.62 Å². The summed E-state index contributed by atoms with van der Waals surface area (Å²) in [5, 5.41) is 16.0. The number of halogens is 1. The summed E-state index contributed by atoms with van der Waals surface area (Å²) in [4.78, 5) is 29.3. The van der Waals surface area contributed by atoms with Crippen molar-refractivity contribution in [2.45, 2.75) is 60.6 Å².